The van der Waals surface area contributed by atoms with Gasteiger partial charge in [0.1, 0.15) is 0 Å². The highest BCUT2D eigenvalue weighted by Gasteiger charge is 2.33. The van der Waals surface area contributed by atoms with Gasteiger partial charge in [0, 0.05) is 19.1 Å². The smallest absolute Gasteiger partial charge is 0.230 e. The lowest BCUT2D eigenvalue weighted by Gasteiger charge is -2.31. The standard InChI is InChI=1S/C14H23N5OS/c1-9-5-7-18(8-6-9)13-16-17-14(19(13)11-3-4-11)21-10(2)12(15)20/h9-11H,3-8H2,1-2H3,(H2,15,20). The Bertz CT molecular complexity index is 519. The lowest BCUT2D eigenvalue weighted by Crippen LogP contribution is -2.34. The van der Waals surface area contributed by atoms with Crippen molar-refractivity contribution in [2.75, 3.05) is 18.0 Å². The van der Waals surface area contributed by atoms with E-state index in [2.05, 4.69) is 26.6 Å². The summed E-state index contributed by atoms with van der Waals surface area (Å²) in [7, 11) is 0. The molecule has 1 aromatic rings. The van der Waals surface area contributed by atoms with Crippen LogP contribution in [0.25, 0.3) is 0 Å². The summed E-state index contributed by atoms with van der Waals surface area (Å²) in [5.41, 5.74) is 5.36. The van der Waals surface area contributed by atoms with Crippen molar-refractivity contribution in [3.8, 4) is 0 Å². The van der Waals surface area contributed by atoms with E-state index in [0.29, 0.717) is 6.04 Å². The fourth-order valence-electron chi connectivity index (χ4n) is 2.64. The van der Waals surface area contributed by atoms with Gasteiger partial charge in [0.2, 0.25) is 11.9 Å². The monoisotopic (exact) mass is 309 g/mol. The van der Waals surface area contributed by atoms with E-state index in [1.807, 2.05) is 6.92 Å². The SMILES string of the molecule is CC1CCN(c2nnc(SC(C)C(N)=O)n2C2CC2)CC1. The number of nitrogens with two attached hydrogens (primary N) is 1. The lowest BCUT2D eigenvalue weighted by molar-refractivity contribution is -0.117. The highest BCUT2D eigenvalue weighted by molar-refractivity contribution is 8.00. The Balaban J connectivity index is 1.81. The molecule has 116 valence electrons. The van der Waals surface area contributed by atoms with Gasteiger partial charge >= 0.3 is 0 Å². The van der Waals surface area contributed by atoms with Gasteiger partial charge in [0.25, 0.3) is 0 Å². The zero-order valence-corrected chi connectivity index (χ0v) is 13.5. The minimum Gasteiger partial charge on any atom is -0.369 e. The molecule has 21 heavy (non-hydrogen) atoms. The number of anilines is 1. The number of piperidine rings is 1. The molecule has 1 amide bonds. The van der Waals surface area contributed by atoms with Crippen LogP contribution in [0.2, 0.25) is 0 Å². The number of hydrogen-bond acceptors (Lipinski definition) is 5. The average Bonchev–Trinajstić information content (AvgIpc) is 3.21. The second-order valence-corrected chi connectivity index (χ2v) is 7.52. The predicted octanol–water partition coefficient (Wildman–Crippen LogP) is 1.82. The number of nitrogens with zero attached hydrogens (tertiary/aromatic N) is 4. The molecule has 1 aromatic heterocycles. The first-order chi connectivity index (χ1) is 10.1. The van der Waals surface area contributed by atoms with Crippen LogP contribution < -0.4 is 10.6 Å². The molecule has 1 aliphatic heterocycles. The number of aromatic nitrogens is 3. The molecule has 0 spiro atoms. The first-order valence-electron chi connectivity index (χ1n) is 7.72. The number of hydrogen-bond donors (Lipinski definition) is 1. The fourth-order valence-corrected chi connectivity index (χ4v) is 3.51. The molecular formula is C14H23N5OS. The normalized spacial score (nSPS) is 21.5. The Morgan fingerprint density at radius 3 is 2.52 bits per heavy atom. The zero-order chi connectivity index (χ0) is 15.0. The molecule has 2 fully saturated rings. The van der Waals surface area contributed by atoms with Crippen molar-refractivity contribution in [1.82, 2.24) is 14.8 Å². The average molecular weight is 309 g/mol. The number of primary amides is 1. The van der Waals surface area contributed by atoms with E-state index >= 15 is 0 Å². The highest BCUT2D eigenvalue weighted by atomic mass is 32.2. The third-order valence-corrected chi connectivity index (χ3v) is 5.38. The van der Waals surface area contributed by atoms with Crippen molar-refractivity contribution in [3.05, 3.63) is 0 Å². The van der Waals surface area contributed by atoms with Gasteiger partial charge in [-0.1, -0.05) is 18.7 Å². The number of thioether (sulfide) groups is 1. The summed E-state index contributed by atoms with van der Waals surface area (Å²) >= 11 is 1.42. The molecule has 1 saturated heterocycles. The van der Waals surface area contributed by atoms with Crippen LogP contribution in [0.4, 0.5) is 5.95 Å². The lowest BCUT2D eigenvalue weighted by atomic mass is 10.00. The van der Waals surface area contributed by atoms with E-state index in [9.17, 15) is 4.79 Å². The maximum absolute atomic E-state index is 11.3. The molecule has 0 radical (unpaired) electrons. The summed E-state index contributed by atoms with van der Waals surface area (Å²) in [6.45, 7) is 6.21. The van der Waals surface area contributed by atoms with Crippen molar-refractivity contribution in [3.63, 3.8) is 0 Å². The molecule has 3 rings (SSSR count). The van der Waals surface area contributed by atoms with E-state index in [1.165, 1.54) is 37.4 Å². The quantitative estimate of drug-likeness (QED) is 0.840. The van der Waals surface area contributed by atoms with Crippen LogP contribution in [0, 0.1) is 5.92 Å². The van der Waals surface area contributed by atoms with Crippen LogP contribution >= 0.6 is 11.8 Å². The van der Waals surface area contributed by atoms with Crippen molar-refractivity contribution >= 4 is 23.6 Å². The van der Waals surface area contributed by atoms with Gasteiger partial charge in [-0.05, 0) is 38.5 Å². The Morgan fingerprint density at radius 2 is 1.95 bits per heavy atom. The molecule has 6 nitrogen and oxygen atoms in total. The minimum absolute atomic E-state index is 0.277. The van der Waals surface area contributed by atoms with Crippen molar-refractivity contribution in [2.24, 2.45) is 11.7 Å². The van der Waals surface area contributed by atoms with E-state index in [4.69, 9.17) is 5.73 Å². The third-order valence-electron chi connectivity index (χ3n) is 4.31. The van der Waals surface area contributed by atoms with Gasteiger partial charge < -0.3 is 10.6 Å². The summed E-state index contributed by atoms with van der Waals surface area (Å²) < 4.78 is 2.22. The van der Waals surface area contributed by atoms with E-state index in [1.54, 1.807) is 0 Å². The second-order valence-electron chi connectivity index (χ2n) is 6.22. The topological polar surface area (TPSA) is 77.0 Å². The molecule has 7 heteroatoms. The van der Waals surface area contributed by atoms with Crippen LogP contribution in [-0.2, 0) is 4.79 Å². The van der Waals surface area contributed by atoms with E-state index < -0.39 is 0 Å². The Kier molecular flexibility index (Phi) is 4.10. The maximum atomic E-state index is 11.3. The molecule has 0 bridgehead atoms. The summed E-state index contributed by atoms with van der Waals surface area (Å²) in [6, 6.07) is 0.497. The molecule has 2 aliphatic rings. The van der Waals surface area contributed by atoms with Crippen LogP contribution in [-0.4, -0.2) is 39.0 Å². The van der Waals surface area contributed by atoms with Gasteiger partial charge in [-0.3, -0.25) is 9.36 Å². The predicted molar refractivity (Wildman–Crippen MR) is 83.4 cm³/mol. The van der Waals surface area contributed by atoms with Gasteiger partial charge in [0.15, 0.2) is 5.16 Å². The largest absolute Gasteiger partial charge is 0.369 e. The third kappa shape index (κ3) is 3.17. The van der Waals surface area contributed by atoms with Gasteiger partial charge in [-0.2, -0.15) is 0 Å². The Morgan fingerprint density at radius 1 is 1.29 bits per heavy atom. The first kappa shape index (κ1) is 14.7. The van der Waals surface area contributed by atoms with E-state index in [-0.39, 0.29) is 11.2 Å². The van der Waals surface area contributed by atoms with Gasteiger partial charge in [-0.25, -0.2) is 0 Å². The molecule has 0 aromatic carbocycles. The summed E-state index contributed by atoms with van der Waals surface area (Å²) in [6.07, 6.45) is 4.76. The maximum Gasteiger partial charge on any atom is 0.230 e. The van der Waals surface area contributed by atoms with Gasteiger partial charge in [0.05, 0.1) is 5.25 Å². The second kappa shape index (κ2) is 5.87. The first-order valence-corrected chi connectivity index (χ1v) is 8.60. The van der Waals surface area contributed by atoms with Crippen LogP contribution in [0.15, 0.2) is 5.16 Å². The molecule has 2 heterocycles. The van der Waals surface area contributed by atoms with Crippen LogP contribution in [0.3, 0.4) is 0 Å². The Hall–Kier alpha value is -1.24. The van der Waals surface area contributed by atoms with Crippen LogP contribution in [0.1, 0.15) is 45.6 Å². The van der Waals surface area contributed by atoms with Crippen molar-refractivity contribution in [1.29, 1.82) is 0 Å². The molecule has 2 N–H and O–H groups in total. The summed E-state index contributed by atoms with van der Waals surface area (Å²) in [5, 5.41) is 9.28. The van der Waals surface area contributed by atoms with E-state index in [0.717, 1.165) is 30.1 Å². The van der Waals surface area contributed by atoms with Crippen molar-refractivity contribution in [2.45, 2.75) is 56.0 Å². The van der Waals surface area contributed by atoms with Crippen LogP contribution in [0.5, 0.6) is 0 Å². The number of rotatable bonds is 5. The zero-order valence-electron chi connectivity index (χ0n) is 12.7. The molecule has 1 saturated carbocycles. The highest BCUT2D eigenvalue weighted by Crippen LogP contribution is 2.42. The summed E-state index contributed by atoms with van der Waals surface area (Å²) in [5.74, 6) is 1.46. The molecule has 1 atom stereocenters. The molecular weight excluding hydrogens is 286 g/mol. The number of amides is 1. The fraction of sp³-hybridized carbons (Fsp3) is 0.786. The number of carbonyl (C=O) groups is 1. The molecule has 1 aliphatic carbocycles. The van der Waals surface area contributed by atoms with Gasteiger partial charge in [-0.15, -0.1) is 10.2 Å². The minimum atomic E-state index is -0.307. The van der Waals surface area contributed by atoms with Crippen molar-refractivity contribution < 1.29 is 4.79 Å². The Labute approximate surface area is 129 Å². The molecule has 1 unspecified atom stereocenters. The summed E-state index contributed by atoms with van der Waals surface area (Å²) in [4.78, 5) is 13.6. The number of carbonyl (C=O) groups excluding carboxylic acids is 1.